The second-order valence-electron chi connectivity index (χ2n) is 13.2. The van der Waals surface area contributed by atoms with Gasteiger partial charge in [0.1, 0.15) is 11.2 Å². The van der Waals surface area contributed by atoms with Crippen LogP contribution in [0.4, 0.5) is 0 Å². The van der Waals surface area contributed by atoms with Gasteiger partial charge in [-0.1, -0.05) is 164 Å². The van der Waals surface area contributed by atoms with Gasteiger partial charge in [-0.3, -0.25) is 0 Å². The lowest BCUT2D eigenvalue weighted by Gasteiger charge is -2.23. The molecule has 1 heterocycles. The molecule has 0 atom stereocenters. The Hall–Kier alpha value is -6.70. The summed E-state index contributed by atoms with van der Waals surface area (Å²) in [5, 5.41) is 7.18. The minimum absolute atomic E-state index is 0.906. The van der Waals surface area contributed by atoms with Crippen LogP contribution in [0, 0.1) is 0 Å². The van der Waals surface area contributed by atoms with Crippen molar-refractivity contribution in [2.75, 3.05) is 0 Å². The molecule has 0 fully saturated rings. The average molecular weight is 649 g/mol. The zero-order valence-electron chi connectivity index (χ0n) is 27.9. The summed E-state index contributed by atoms with van der Waals surface area (Å²) >= 11 is 0. The van der Waals surface area contributed by atoms with Crippen LogP contribution >= 0.6 is 0 Å². The van der Waals surface area contributed by atoms with E-state index in [0.717, 1.165) is 21.9 Å². The first-order valence-electron chi connectivity index (χ1n) is 17.5. The minimum Gasteiger partial charge on any atom is -0.456 e. The number of furan rings is 1. The lowest BCUT2D eigenvalue weighted by atomic mass is 9.79. The van der Waals surface area contributed by atoms with Gasteiger partial charge in [-0.15, -0.1) is 0 Å². The van der Waals surface area contributed by atoms with Gasteiger partial charge >= 0.3 is 0 Å². The van der Waals surface area contributed by atoms with Crippen molar-refractivity contribution < 1.29 is 4.42 Å². The monoisotopic (exact) mass is 648 g/mol. The molecule has 1 nitrogen and oxygen atoms in total. The number of fused-ring (bicyclic) bond motifs is 5. The lowest BCUT2D eigenvalue weighted by molar-refractivity contribution is 0.669. The smallest absolute Gasteiger partial charge is 0.135 e. The SMILES string of the molecule is c1ccc(-c2cc(-c3ccccc3)c(-c3c4ccccc4c(-c4ccc5oc6ccccc6c5c4)c4ccccc34)c(-c3ccccc3)c2)cc1. The van der Waals surface area contributed by atoms with E-state index in [1.807, 2.05) is 12.1 Å². The molecule has 0 aliphatic carbocycles. The van der Waals surface area contributed by atoms with E-state index in [-0.39, 0.29) is 0 Å². The molecule has 0 radical (unpaired) electrons. The van der Waals surface area contributed by atoms with E-state index in [4.69, 9.17) is 4.42 Å². The van der Waals surface area contributed by atoms with Crippen LogP contribution in [-0.2, 0) is 0 Å². The summed E-state index contributed by atoms with van der Waals surface area (Å²) < 4.78 is 6.25. The molecule has 0 aliphatic heterocycles. The summed E-state index contributed by atoms with van der Waals surface area (Å²) in [5.41, 5.74) is 13.9. The van der Waals surface area contributed by atoms with Crippen LogP contribution in [0.1, 0.15) is 0 Å². The summed E-state index contributed by atoms with van der Waals surface area (Å²) in [6.45, 7) is 0. The van der Waals surface area contributed by atoms with Crippen molar-refractivity contribution in [3.8, 4) is 55.6 Å². The number of benzene rings is 9. The van der Waals surface area contributed by atoms with Crippen molar-refractivity contribution in [3.05, 3.63) is 194 Å². The molecule has 0 spiro atoms. The van der Waals surface area contributed by atoms with E-state index in [1.165, 1.54) is 77.2 Å². The lowest BCUT2D eigenvalue weighted by Crippen LogP contribution is -1.96. The van der Waals surface area contributed by atoms with Gasteiger partial charge < -0.3 is 4.42 Å². The third kappa shape index (κ3) is 4.86. The van der Waals surface area contributed by atoms with Gasteiger partial charge in [0.2, 0.25) is 0 Å². The van der Waals surface area contributed by atoms with Gasteiger partial charge in [0.25, 0.3) is 0 Å². The second kappa shape index (κ2) is 12.0. The minimum atomic E-state index is 0.906. The fraction of sp³-hybridized carbons (Fsp3) is 0. The zero-order valence-corrected chi connectivity index (χ0v) is 27.9. The number of hydrogen-bond donors (Lipinski definition) is 0. The molecular formula is C50H32O. The van der Waals surface area contributed by atoms with Crippen molar-refractivity contribution in [3.63, 3.8) is 0 Å². The first-order valence-corrected chi connectivity index (χ1v) is 17.5. The van der Waals surface area contributed by atoms with Crippen molar-refractivity contribution in [1.82, 2.24) is 0 Å². The Balaban J connectivity index is 1.35. The topological polar surface area (TPSA) is 13.1 Å². The van der Waals surface area contributed by atoms with E-state index in [0.29, 0.717) is 0 Å². The van der Waals surface area contributed by atoms with Crippen LogP contribution in [-0.4, -0.2) is 0 Å². The van der Waals surface area contributed by atoms with Crippen molar-refractivity contribution in [1.29, 1.82) is 0 Å². The summed E-state index contributed by atoms with van der Waals surface area (Å²) in [7, 11) is 0. The molecule has 238 valence electrons. The Kier molecular flexibility index (Phi) is 6.89. The van der Waals surface area contributed by atoms with Crippen LogP contribution < -0.4 is 0 Å². The van der Waals surface area contributed by atoms with Crippen LogP contribution in [0.15, 0.2) is 199 Å². The third-order valence-corrected chi connectivity index (χ3v) is 10.3. The Labute approximate surface area is 296 Å². The van der Waals surface area contributed by atoms with Crippen LogP contribution in [0.25, 0.3) is 99.1 Å². The summed E-state index contributed by atoms with van der Waals surface area (Å²) in [6, 6.07) is 70.1. The summed E-state index contributed by atoms with van der Waals surface area (Å²) in [5.74, 6) is 0. The van der Waals surface area contributed by atoms with Gasteiger partial charge in [-0.05, 0) is 108 Å². The van der Waals surface area contributed by atoms with Crippen LogP contribution in [0.2, 0.25) is 0 Å². The van der Waals surface area contributed by atoms with Crippen molar-refractivity contribution in [2.45, 2.75) is 0 Å². The highest BCUT2D eigenvalue weighted by atomic mass is 16.3. The summed E-state index contributed by atoms with van der Waals surface area (Å²) in [6.07, 6.45) is 0. The molecule has 0 saturated heterocycles. The van der Waals surface area contributed by atoms with E-state index in [1.54, 1.807) is 0 Å². The summed E-state index contributed by atoms with van der Waals surface area (Å²) in [4.78, 5) is 0. The van der Waals surface area contributed by atoms with E-state index in [9.17, 15) is 0 Å². The zero-order chi connectivity index (χ0) is 33.7. The molecule has 0 bridgehead atoms. The molecule has 10 rings (SSSR count). The van der Waals surface area contributed by atoms with E-state index >= 15 is 0 Å². The van der Waals surface area contributed by atoms with Gasteiger partial charge in [0.15, 0.2) is 0 Å². The first-order chi connectivity index (χ1) is 25.3. The highest BCUT2D eigenvalue weighted by Crippen LogP contribution is 2.50. The van der Waals surface area contributed by atoms with Gasteiger partial charge in [-0.2, -0.15) is 0 Å². The predicted molar refractivity (Wildman–Crippen MR) is 216 cm³/mol. The molecule has 10 aromatic rings. The Morgan fingerprint density at radius 2 is 0.667 bits per heavy atom. The van der Waals surface area contributed by atoms with Gasteiger partial charge in [-0.25, -0.2) is 0 Å². The van der Waals surface area contributed by atoms with E-state index < -0.39 is 0 Å². The molecule has 0 aliphatic rings. The molecule has 0 N–H and O–H groups in total. The highest BCUT2D eigenvalue weighted by molar-refractivity contribution is 6.24. The molecule has 9 aromatic carbocycles. The number of para-hydroxylation sites is 1. The largest absolute Gasteiger partial charge is 0.456 e. The maximum absolute atomic E-state index is 6.25. The fourth-order valence-electron chi connectivity index (χ4n) is 7.99. The molecule has 1 aromatic heterocycles. The molecular weight excluding hydrogens is 617 g/mol. The maximum Gasteiger partial charge on any atom is 0.135 e. The predicted octanol–water partition coefficient (Wildman–Crippen LogP) is 14.2. The van der Waals surface area contributed by atoms with Crippen LogP contribution in [0.5, 0.6) is 0 Å². The highest BCUT2D eigenvalue weighted by Gasteiger charge is 2.23. The number of rotatable bonds is 5. The molecule has 0 unspecified atom stereocenters. The fourth-order valence-corrected chi connectivity index (χ4v) is 7.99. The van der Waals surface area contributed by atoms with Crippen LogP contribution in [0.3, 0.4) is 0 Å². The van der Waals surface area contributed by atoms with Gasteiger partial charge in [0.05, 0.1) is 0 Å². The molecule has 0 saturated carbocycles. The molecule has 1 heteroatoms. The average Bonchev–Trinajstić information content (AvgIpc) is 3.58. The molecule has 51 heavy (non-hydrogen) atoms. The quantitative estimate of drug-likeness (QED) is 0.169. The van der Waals surface area contributed by atoms with Crippen molar-refractivity contribution >= 4 is 43.5 Å². The maximum atomic E-state index is 6.25. The Bertz CT molecular complexity index is 2760. The standard InChI is InChI=1S/C50H32O/c1-4-16-33(17-5-1)37-31-43(34-18-6-2-7-19-34)50(44(32-37)35-20-8-3-9-21-35)49-41-25-12-10-23-39(41)48(40-24-11-13-26-42(40)49)36-28-29-47-45(30-36)38-22-14-15-27-46(38)51-47/h1-32H. The number of hydrogen-bond acceptors (Lipinski definition) is 1. The van der Waals surface area contributed by atoms with E-state index in [2.05, 4.69) is 182 Å². The Morgan fingerprint density at radius 3 is 1.22 bits per heavy atom. The van der Waals surface area contributed by atoms with Gasteiger partial charge in [0, 0.05) is 10.8 Å². The Morgan fingerprint density at radius 1 is 0.235 bits per heavy atom. The molecule has 0 amide bonds. The third-order valence-electron chi connectivity index (χ3n) is 10.3. The second-order valence-corrected chi connectivity index (χ2v) is 13.2. The normalized spacial score (nSPS) is 11.5. The first kappa shape index (κ1) is 29.2. The van der Waals surface area contributed by atoms with Crippen molar-refractivity contribution in [2.24, 2.45) is 0 Å².